The van der Waals surface area contributed by atoms with Gasteiger partial charge in [0.2, 0.25) is 0 Å². The quantitative estimate of drug-likeness (QED) is 0.392. The number of nitrogens with one attached hydrogen (secondary N) is 1. The molecular weight excluding hydrogens is 264 g/mol. The van der Waals surface area contributed by atoms with Crippen LogP contribution in [0.15, 0.2) is 24.8 Å². The maximum absolute atomic E-state index is 11.5. The van der Waals surface area contributed by atoms with Gasteiger partial charge in [-0.15, -0.1) is 6.58 Å². The number of rotatable bonds is 4. The summed E-state index contributed by atoms with van der Waals surface area (Å²) in [5.74, 6) is -0.368. The van der Waals surface area contributed by atoms with Crippen LogP contribution in [0.2, 0.25) is 0 Å². The summed E-state index contributed by atoms with van der Waals surface area (Å²) in [6.45, 7) is 3.97. The molecule has 1 aliphatic rings. The zero-order valence-corrected chi connectivity index (χ0v) is 10.9. The number of nitrogens with zero attached hydrogens (tertiary/aromatic N) is 1. The van der Waals surface area contributed by atoms with Crippen molar-refractivity contribution in [1.29, 1.82) is 0 Å². The van der Waals surface area contributed by atoms with E-state index < -0.39 is 10.9 Å². The number of ether oxygens (including phenoxy) is 2. The highest BCUT2D eigenvalue weighted by Gasteiger charge is 2.28. The molecular formula is C13H14N2O5. The fraction of sp³-hybridized carbons (Fsp3) is 0.308. The van der Waals surface area contributed by atoms with Gasteiger partial charge in [-0.25, -0.2) is 4.79 Å². The average molecular weight is 278 g/mol. The molecule has 1 heterocycles. The molecule has 0 bridgehead atoms. The molecule has 0 spiro atoms. The number of carbonyl (C=O) groups excluding carboxylic acids is 1. The van der Waals surface area contributed by atoms with Gasteiger partial charge in [-0.1, -0.05) is 6.08 Å². The average Bonchev–Trinajstić information content (AvgIpc) is 2.45. The van der Waals surface area contributed by atoms with Gasteiger partial charge in [0.05, 0.1) is 23.6 Å². The van der Waals surface area contributed by atoms with Gasteiger partial charge in [-0.3, -0.25) is 10.1 Å². The Hall–Kier alpha value is -2.57. The highest BCUT2D eigenvalue weighted by atomic mass is 16.6. The highest BCUT2D eigenvalue weighted by molar-refractivity contribution is 5.93. The number of methoxy groups -OCH3 is 1. The summed E-state index contributed by atoms with van der Waals surface area (Å²) in [6, 6.07) is 2.53. The van der Waals surface area contributed by atoms with E-state index in [0.29, 0.717) is 13.0 Å². The molecule has 0 unspecified atom stereocenters. The van der Waals surface area contributed by atoms with Gasteiger partial charge in [0.1, 0.15) is 12.4 Å². The third-order valence-electron chi connectivity index (χ3n) is 2.94. The molecule has 20 heavy (non-hydrogen) atoms. The Morgan fingerprint density at radius 2 is 2.45 bits per heavy atom. The number of benzene rings is 1. The molecule has 1 N–H and O–H groups in total. The van der Waals surface area contributed by atoms with E-state index in [4.69, 9.17) is 4.74 Å². The predicted molar refractivity (Wildman–Crippen MR) is 72.2 cm³/mol. The largest absolute Gasteiger partial charge is 0.489 e. The van der Waals surface area contributed by atoms with E-state index in [9.17, 15) is 14.9 Å². The molecule has 1 atom stereocenters. The SMILES string of the molecule is C=CC[C@H]1COc2cc(C(=O)OC)cc([N+](=O)[O-])c2N1. The second-order valence-corrected chi connectivity index (χ2v) is 4.29. The first-order chi connectivity index (χ1) is 9.56. The third kappa shape index (κ3) is 2.56. The van der Waals surface area contributed by atoms with Crippen molar-refractivity contribution >= 4 is 17.3 Å². The van der Waals surface area contributed by atoms with Crippen molar-refractivity contribution in [2.75, 3.05) is 19.0 Å². The predicted octanol–water partition coefficient (Wildman–Crippen LogP) is 2.13. The molecule has 1 aliphatic heterocycles. The number of esters is 1. The summed E-state index contributed by atoms with van der Waals surface area (Å²) in [5, 5.41) is 14.2. The van der Waals surface area contributed by atoms with Crippen molar-refractivity contribution in [2.45, 2.75) is 12.5 Å². The van der Waals surface area contributed by atoms with Crippen molar-refractivity contribution < 1.29 is 19.2 Å². The lowest BCUT2D eigenvalue weighted by Crippen LogP contribution is -2.31. The molecule has 1 aromatic carbocycles. The molecule has 7 nitrogen and oxygen atoms in total. The highest BCUT2D eigenvalue weighted by Crippen LogP contribution is 2.39. The fourth-order valence-corrected chi connectivity index (χ4v) is 2.00. The Kier molecular flexibility index (Phi) is 3.88. The van der Waals surface area contributed by atoms with Gasteiger partial charge in [0.15, 0.2) is 5.69 Å². The minimum Gasteiger partial charge on any atom is -0.489 e. The molecule has 0 saturated carbocycles. The summed E-state index contributed by atoms with van der Waals surface area (Å²) >= 11 is 0. The molecule has 0 aliphatic carbocycles. The monoisotopic (exact) mass is 278 g/mol. The smallest absolute Gasteiger partial charge is 0.338 e. The van der Waals surface area contributed by atoms with E-state index in [1.807, 2.05) is 0 Å². The number of fused-ring (bicyclic) bond motifs is 1. The number of anilines is 1. The fourth-order valence-electron chi connectivity index (χ4n) is 2.00. The van der Waals surface area contributed by atoms with Gasteiger partial charge in [0, 0.05) is 6.07 Å². The summed E-state index contributed by atoms with van der Waals surface area (Å²) in [7, 11) is 1.22. The zero-order valence-electron chi connectivity index (χ0n) is 10.9. The van der Waals surface area contributed by atoms with Gasteiger partial charge >= 0.3 is 5.97 Å². The van der Waals surface area contributed by atoms with Crippen molar-refractivity contribution in [1.82, 2.24) is 0 Å². The van der Waals surface area contributed by atoms with Crippen molar-refractivity contribution in [3.05, 3.63) is 40.5 Å². The zero-order chi connectivity index (χ0) is 14.7. The van der Waals surface area contributed by atoms with Crippen LogP contribution >= 0.6 is 0 Å². The molecule has 1 aromatic rings. The van der Waals surface area contributed by atoms with Crippen molar-refractivity contribution in [2.24, 2.45) is 0 Å². The van der Waals surface area contributed by atoms with Crippen LogP contribution in [0, 0.1) is 10.1 Å². The second-order valence-electron chi connectivity index (χ2n) is 4.29. The summed E-state index contributed by atoms with van der Waals surface area (Å²) < 4.78 is 10.1. The van der Waals surface area contributed by atoms with Crippen LogP contribution in [-0.4, -0.2) is 30.7 Å². The number of carbonyl (C=O) groups is 1. The number of nitro groups is 1. The summed E-state index contributed by atoms with van der Waals surface area (Å²) in [4.78, 5) is 22.1. The van der Waals surface area contributed by atoms with Gasteiger partial charge in [-0.2, -0.15) is 0 Å². The van der Waals surface area contributed by atoms with E-state index in [1.165, 1.54) is 19.2 Å². The van der Waals surface area contributed by atoms with Crippen LogP contribution in [0.25, 0.3) is 0 Å². The van der Waals surface area contributed by atoms with Crippen LogP contribution in [-0.2, 0) is 4.74 Å². The van der Waals surface area contributed by atoms with Gasteiger partial charge in [0.25, 0.3) is 5.69 Å². The van der Waals surface area contributed by atoms with Crippen molar-refractivity contribution in [3.63, 3.8) is 0 Å². The Labute approximate surface area is 115 Å². The van der Waals surface area contributed by atoms with E-state index in [1.54, 1.807) is 6.08 Å². The molecule has 106 valence electrons. The lowest BCUT2D eigenvalue weighted by Gasteiger charge is -2.26. The minimum atomic E-state index is -0.646. The lowest BCUT2D eigenvalue weighted by atomic mass is 10.1. The number of nitro benzene ring substituents is 1. The van der Waals surface area contributed by atoms with Crippen LogP contribution in [0.1, 0.15) is 16.8 Å². The molecule has 0 aromatic heterocycles. The van der Waals surface area contributed by atoms with E-state index in [-0.39, 0.29) is 28.7 Å². The van der Waals surface area contributed by atoms with E-state index >= 15 is 0 Å². The first kappa shape index (κ1) is 13.9. The molecule has 0 radical (unpaired) electrons. The second kappa shape index (κ2) is 5.60. The van der Waals surface area contributed by atoms with E-state index in [0.717, 1.165) is 0 Å². The Balaban J connectivity index is 2.45. The number of hydrogen-bond acceptors (Lipinski definition) is 6. The summed E-state index contributed by atoms with van der Waals surface area (Å²) in [5.41, 5.74) is 0.152. The Bertz CT molecular complexity index is 570. The van der Waals surface area contributed by atoms with Crippen LogP contribution in [0.4, 0.5) is 11.4 Å². The first-order valence-electron chi connectivity index (χ1n) is 5.97. The van der Waals surface area contributed by atoms with Crippen LogP contribution < -0.4 is 10.1 Å². The van der Waals surface area contributed by atoms with Crippen LogP contribution in [0.3, 0.4) is 0 Å². The summed E-state index contributed by atoms with van der Waals surface area (Å²) in [6.07, 6.45) is 2.33. The first-order valence-corrected chi connectivity index (χ1v) is 5.97. The molecule has 7 heteroatoms. The Morgan fingerprint density at radius 1 is 1.70 bits per heavy atom. The maximum Gasteiger partial charge on any atom is 0.338 e. The van der Waals surface area contributed by atoms with Gasteiger partial charge in [-0.05, 0) is 12.5 Å². The minimum absolute atomic E-state index is 0.0809. The third-order valence-corrected chi connectivity index (χ3v) is 2.94. The van der Waals surface area contributed by atoms with Gasteiger partial charge < -0.3 is 14.8 Å². The Morgan fingerprint density at radius 3 is 3.05 bits per heavy atom. The molecule has 2 rings (SSSR count). The van der Waals surface area contributed by atoms with E-state index in [2.05, 4.69) is 16.6 Å². The maximum atomic E-state index is 11.5. The normalized spacial score (nSPS) is 16.4. The van der Waals surface area contributed by atoms with Crippen LogP contribution in [0.5, 0.6) is 5.75 Å². The van der Waals surface area contributed by atoms with Crippen molar-refractivity contribution in [3.8, 4) is 5.75 Å². The standard InChI is InChI=1S/C13H14N2O5/c1-3-4-9-7-20-11-6-8(13(16)19-2)5-10(15(17)18)12(11)14-9/h3,5-6,9,14H,1,4,7H2,2H3/t9-/m0/s1. The molecule has 0 saturated heterocycles. The molecule has 0 amide bonds. The lowest BCUT2D eigenvalue weighted by molar-refractivity contribution is -0.384. The molecule has 0 fully saturated rings. The number of hydrogen-bond donors (Lipinski definition) is 1. The topological polar surface area (TPSA) is 90.7 Å².